The molecule has 2 rings (SSSR count). The van der Waals surface area contributed by atoms with E-state index in [-0.39, 0.29) is 17.8 Å². The number of pyridine rings is 1. The highest BCUT2D eigenvalue weighted by molar-refractivity contribution is 5.42. The molecule has 1 aromatic heterocycles. The fraction of sp³-hybridized carbons (Fsp3) is 0.643. The van der Waals surface area contributed by atoms with Gasteiger partial charge in [0.05, 0.1) is 18.8 Å². The Bertz CT molecular complexity index is 460. The molecule has 1 N–H and O–H groups in total. The minimum absolute atomic E-state index is 0.00956. The monoisotopic (exact) mass is 304 g/mol. The summed E-state index contributed by atoms with van der Waals surface area (Å²) in [5.74, 6) is 0.198. The van der Waals surface area contributed by atoms with E-state index in [1.807, 2.05) is 6.92 Å². The third-order valence-electron chi connectivity index (χ3n) is 3.14. The summed E-state index contributed by atoms with van der Waals surface area (Å²) in [4.78, 5) is 4.10. The molecule has 0 aromatic carbocycles. The van der Waals surface area contributed by atoms with Gasteiger partial charge in [0.25, 0.3) is 0 Å². The molecule has 1 aliphatic heterocycles. The summed E-state index contributed by atoms with van der Waals surface area (Å²) in [6.07, 6.45) is -2.44. The van der Waals surface area contributed by atoms with E-state index in [4.69, 9.17) is 9.47 Å². The van der Waals surface area contributed by atoms with Crippen LogP contribution in [-0.4, -0.2) is 30.8 Å². The van der Waals surface area contributed by atoms with Gasteiger partial charge < -0.3 is 14.8 Å². The van der Waals surface area contributed by atoms with Crippen LogP contribution in [0.15, 0.2) is 12.1 Å². The van der Waals surface area contributed by atoms with Crippen LogP contribution < -0.4 is 10.1 Å². The van der Waals surface area contributed by atoms with Crippen molar-refractivity contribution in [2.75, 3.05) is 25.1 Å². The predicted octanol–water partition coefficient (Wildman–Crippen LogP) is 3.48. The van der Waals surface area contributed by atoms with Crippen molar-refractivity contribution in [2.24, 2.45) is 0 Å². The molecule has 4 nitrogen and oxygen atoms in total. The summed E-state index contributed by atoms with van der Waals surface area (Å²) < 4.78 is 49.5. The average molecular weight is 304 g/mol. The molecule has 2 heterocycles. The summed E-state index contributed by atoms with van der Waals surface area (Å²) in [7, 11) is 0. The summed E-state index contributed by atoms with van der Waals surface area (Å²) in [6.45, 7) is 3.61. The molecule has 118 valence electrons. The number of nitrogens with one attached hydrogen (secondary N) is 1. The van der Waals surface area contributed by atoms with Crippen LogP contribution in [0.1, 0.15) is 31.7 Å². The second-order valence-electron chi connectivity index (χ2n) is 4.93. The van der Waals surface area contributed by atoms with E-state index in [0.717, 1.165) is 18.6 Å². The molecule has 0 radical (unpaired) electrons. The Balaban J connectivity index is 2.17. The SMILES string of the molecule is CCCNc1cc(C(F)(F)F)cc(OC2CCOCC2)n1. The van der Waals surface area contributed by atoms with Crippen LogP contribution in [0.5, 0.6) is 5.88 Å². The summed E-state index contributed by atoms with van der Waals surface area (Å²) in [5.41, 5.74) is -0.752. The zero-order chi connectivity index (χ0) is 15.3. The molecule has 0 amide bonds. The lowest BCUT2D eigenvalue weighted by atomic mass is 10.1. The summed E-state index contributed by atoms with van der Waals surface area (Å²) >= 11 is 0. The second-order valence-corrected chi connectivity index (χ2v) is 4.93. The minimum atomic E-state index is -4.42. The number of hydrogen-bond acceptors (Lipinski definition) is 4. The maximum absolute atomic E-state index is 12.9. The molecule has 0 bridgehead atoms. The second kappa shape index (κ2) is 6.98. The third-order valence-corrected chi connectivity index (χ3v) is 3.14. The van der Waals surface area contributed by atoms with Crippen LogP contribution in [0.4, 0.5) is 19.0 Å². The standard InChI is InChI=1S/C14H19F3N2O2/c1-2-5-18-12-8-10(14(15,16)17)9-13(19-12)21-11-3-6-20-7-4-11/h8-9,11H,2-7H2,1H3,(H,18,19). The lowest BCUT2D eigenvalue weighted by Crippen LogP contribution is -2.26. The van der Waals surface area contributed by atoms with E-state index in [2.05, 4.69) is 10.3 Å². The van der Waals surface area contributed by atoms with E-state index in [0.29, 0.717) is 32.6 Å². The molecule has 1 saturated heterocycles. The lowest BCUT2D eigenvalue weighted by molar-refractivity contribution is -0.137. The van der Waals surface area contributed by atoms with Crippen LogP contribution in [0.25, 0.3) is 0 Å². The molecule has 0 aliphatic carbocycles. The molecule has 1 aliphatic rings. The first-order valence-corrected chi connectivity index (χ1v) is 7.06. The van der Waals surface area contributed by atoms with Crippen LogP contribution in [0.3, 0.4) is 0 Å². The Morgan fingerprint density at radius 1 is 1.33 bits per heavy atom. The Morgan fingerprint density at radius 2 is 2.05 bits per heavy atom. The van der Waals surface area contributed by atoms with Crippen molar-refractivity contribution in [1.29, 1.82) is 0 Å². The minimum Gasteiger partial charge on any atom is -0.474 e. The van der Waals surface area contributed by atoms with Crippen molar-refractivity contribution in [1.82, 2.24) is 4.98 Å². The molecule has 0 atom stereocenters. The third kappa shape index (κ3) is 4.77. The molecular weight excluding hydrogens is 285 g/mol. The Morgan fingerprint density at radius 3 is 2.67 bits per heavy atom. The van der Waals surface area contributed by atoms with Gasteiger partial charge in [-0.15, -0.1) is 0 Å². The zero-order valence-electron chi connectivity index (χ0n) is 11.9. The van der Waals surface area contributed by atoms with Gasteiger partial charge in [-0.25, -0.2) is 0 Å². The molecule has 1 aromatic rings. The molecule has 0 saturated carbocycles. The predicted molar refractivity (Wildman–Crippen MR) is 72.5 cm³/mol. The molecule has 0 spiro atoms. The van der Waals surface area contributed by atoms with E-state index in [1.54, 1.807) is 0 Å². The van der Waals surface area contributed by atoms with Crippen molar-refractivity contribution < 1.29 is 22.6 Å². The van der Waals surface area contributed by atoms with Gasteiger partial charge in [0.2, 0.25) is 5.88 Å². The topological polar surface area (TPSA) is 43.4 Å². The fourth-order valence-corrected chi connectivity index (χ4v) is 2.04. The van der Waals surface area contributed by atoms with Crippen LogP contribution in [0, 0.1) is 0 Å². The number of halogens is 3. The van der Waals surface area contributed by atoms with Gasteiger partial charge in [0.1, 0.15) is 11.9 Å². The Hall–Kier alpha value is -1.50. The number of aromatic nitrogens is 1. The van der Waals surface area contributed by atoms with Gasteiger partial charge in [-0.2, -0.15) is 18.2 Å². The van der Waals surface area contributed by atoms with E-state index >= 15 is 0 Å². The number of rotatable bonds is 5. The zero-order valence-corrected chi connectivity index (χ0v) is 11.9. The number of anilines is 1. The van der Waals surface area contributed by atoms with Crippen LogP contribution >= 0.6 is 0 Å². The average Bonchev–Trinajstić information content (AvgIpc) is 2.45. The number of ether oxygens (including phenoxy) is 2. The summed E-state index contributed by atoms with van der Waals surface area (Å²) in [6, 6.07) is 1.96. The molecule has 0 unspecified atom stereocenters. The van der Waals surface area contributed by atoms with Crippen molar-refractivity contribution in [3.8, 4) is 5.88 Å². The highest BCUT2D eigenvalue weighted by Gasteiger charge is 2.32. The fourth-order valence-electron chi connectivity index (χ4n) is 2.04. The van der Waals surface area contributed by atoms with E-state index in [1.165, 1.54) is 0 Å². The number of hydrogen-bond donors (Lipinski definition) is 1. The molecule has 21 heavy (non-hydrogen) atoms. The maximum atomic E-state index is 12.9. The lowest BCUT2D eigenvalue weighted by Gasteiger charge is -2.23. The van der Waals surface area contributed by atoms with Gasteiger partial charge >= 0.3 is 6.18 Å². The first-order chi connectivity index (χ1) is 9.99. The van der Waals surface area contributed by atoms with Crippen LogP contribution in [-0.2, 0) is 10.9 Å². The first kappa shape index (κ1) is 15.9. The van der Waals surface area contributed by atoms with E-state index < -0.39 is 11.7 Å². The highest BCUT2D eigenvalue weighted by atomic mass is 19.4. The van der Waals surface area contributed by atoms with Gasteiger partial charge in [0.15, 0.2) is 0 Å². The normalized spacial score (nSPS) is 16.8. The van der Waals surface area contributed by atoms with Gasteiger partial charge in [-0.05, 0) is 12.5 Å². The number of alkyl halides is 3. The maximum Gasteiger partial charge on any atom is 0.416 e. The summed E-state index contributed by atoms with van der Waals surface area (Å²) in [5, 5.41) is 2.87. The smallest absolute Gasteiger partial charge is 0.416 e. The van der Waals surface area contributed by atoms with Gasteiger partial charge in [0, 0.05) is 25.5 Å². The molecular formula is C14H19F3N2O2. The Kier molecular flexibility index (Phi) is 5.27. The molecule has 7 heteroatoms. The first-order valence-electron chi connectivity index (χ1n) is 7.06. The van der Waals surface area contributed by atoms with Crippen molar-refractivity contribution >= 4 is 5.82 Å². The molecule has 1 fully saturated rings. The van der Waals surface area contributed by atoms with Gasteiger partial charge in [-0.1, -0.05) is 6.92 Å². The highest BCUT2D eigenvalue weighted by Crippen LogP contribution is 2.33. The van der Waals surface area contributed by atoms with Crippen molar-refractivity contribution in [3.05, 3.63) is 17.7 Å². The van der Waals surface area contributed by atoms with Gasteiger partial charge in [-0.3, -0.25) is 0 Å². The van der Waals surface area contributed by atoms with E-state index in [9.17, 15) is 13.2 Å². The van der Waals surface area contributed by atoms with Crippen molar-refractivity contribution in [2.45, 2.75) is 38.5 Å². The number of nitrogens with zero attached hydrogens (tertiary/aromatic N) is 1. The Labute approximate surface area is 121 Å². The van der Waals surface area contributed by atoms with Crippen molar-refractivity contribution in [3.63, 3.8) is 0 Å². The van der Waals surface area contributed by atoms with Crippen LogP contribution in [0.2, 0.25) is 0 Å². The quantitative estimate of drug-likeness (QED) is 0.904. The largest absolute Gasteiger partial charge is 0.474 e.